The van der Waals surface area contributed by atoms with Crippen molar-refractivity contribution in [2.75, 3.05) is 13.1 Å². The molecule has 0 aliphatic rings. The number of rotatable bonds is 7. The van der Waals surface area contributed by atoms with Crippen LogP contribution in [0.1, 0.15) is 32.8 Å². The first kappa shape index (κ1) is 14.2. The van der Waals surface area contributed by atoms with Crippen LogP contribution in [0.5, 0.6) is 0 Å². The van der Waals surface area contributed by atoms with Gasteiger partial charge in [-0.05, 0) is 18.0 Å². The van der Waals surface area contributed by atoms with E-state index in [-0.39, 0.29) is 6.04 Å². The third-order valence-corrected chi connectivity index (χ3v) is 3.54. The van der Waals surface area contributed by atoms with Crippen molar-refractivity contribution in [3.63, 3.8) is 0 Å². The Labute approximate surface area is 106 Å². The van der Waals surface area contributed by atoms with Gasteiger partial charge in [-0.15, -0.1) is 0 Å². The Balaban J connectivity index is 2.49. The van der Waals surface area contributed by atoms with E-state index >= 15 is 0 Å². The van der Waals surface area contributed by atoms with Crippen molar-refractivity contribution in [3.8, 4) is 0 Å². The number of hydrogen-bond acceptors (Lipinski definition) is 2. The molecule has 0 aromatic heterocycles. The molecule has 0 spiro atoms. The summed E-state index contributed by atoms with van der Waals surface area (Å²) in [6.45, 7) is 9.69. The maximum absolute atomic E-state index is 6.22. The summed E-state index contributed by atoms with van der Waals surface area (Å²) < 4.78 is 0. The molecule has 2 atom stereocenters. The summed E-state index contributed by atoms with van der Waals surface area (Å²) in [4.78, 5) is 2.42. The van der Waals surface area contributed by atoms with Crippen LogP contribution in [0.15, 0.2) is 30.3 Å². The van der Waals surface area contributed by atoms with Crippen LogP contribution >= 0.6 is 0 Å². The summed E-state index contributed by atoms with van der Waals surface area (Å²) >= 11 is 0. The minimum absolute atomic E-state index is 0.281. The van der Waals surface area contributed by atoms with Crippen LogP contribution < -0.4 is 5.73 Å². The van der Waals surface area contributed by atoms with Gasteiger partial charge in [0, 0.05) is 19.1 Å². The molecule has 0 fully saturated rings. The van der Waals surface area contributed by atoms with Crippen molar-refractivity contribution in [1.29, 1.82) is 0 Å². The molecule has 96 valence electrons. The van der Waals surface area contributed by atoms with E-state index < -0.39 is 0 Å². The summed E-state index contributed by atoms with van der Waals surface area (Å²) in [6, 6.07) is 10.9. The summed E-state index contributed by atoms with van der Waals surface area (Å²) in [7, 11) is 0. The van der Waals surface area contributed by atoms with Gasteiger partial charge in [0.25, 0.3) is 0 Å². The SMILES string of the molecule is CCC(C)[C@H](N)CN(CC)Cc1ccccc1. The summed E-state index contributed by atoms with van der Waals surface area (Å²) in [5, 5.41) is 0. The van der Waals surface area contributed by atoms with Crippen LogP contribution in [0, 0.1) is 5.92 Å². The lowest BCUT2D eigenvalue weighted by molar-refractivity contribution is 0.234. The number of hydrogen-bond donors (Lipinski definition) is 1. The van der Waals surface area contributed by atoms with Crippen molar-refractivity contribution in [2.24, 2.45) is 11.7 Å². The van der Waals surface area contributed by atoms with Crippen molar-refractivity contribution >= 4 is 0 Å². The number of likely N-dealkylation sites (N-methyl/N-ethyl adjacent to an activating group) is 1. The lowest BCUT2D eigenvalue weighted by Crippen LogP contribution is -2.41. The topological polar surface area (TPSA) is 29.3 Å². The highest BCUT2D eigenvalue weighted by atomic mass is 15.1. The molecule has 0 aliphatic heterocycles. The third kappa shape index (κ3) is 4.88. The Kier molecular flexibility index (Phi) is 6.23. The van der Waals surface area contributed by atoms with Crippen LogP contribution in [0.25, 0.3) is 0 Å². The van der Waals surface area contributed by atoms with Crippen LogP contribution in [0.2, 0.25) is 0 Å². The normalized spacial score (nSPS) is 14.9. The second-order valence-electron chi connectivity index (χ2n) is 4.86. The Morgan fingerprint density at radius 1 is 1.18 bits per heavy atom. The zero-order chi connectivity index (χ0) is 12.7. The molecule has 2 nitrogen and oxygen atoms in total. The van der Waals surface area contributed by atoms with Crippen molar-refractivity contribution in [1.82, 2.24) is 4.90 Å². The Morgan fingerprint density at radius 3 is 2.35 bits per heavy atom. The van der Waals surface area contributed by atoms with Gasteiger partial charge >= 0.3 is 0 Å². The van der Waals surface area contributed by atoms with Gasteiger partial charge < -0.3 is 5.73 Å². The zero-order valence-corrected chi connectivity index (χ0v) is 11.4. The van der Waals surface area contributed by atoms with Gasteiger partial charge in [-0.25, -0.2) is 0 Å². The van der Waals surface area contributed by atoms with Gasteiger partial charge in [0.2, 0.25) is 0 Å². The summed E-state index contributed by atoms with van der Waals surface area (Å²) in [6.07, 6.45) is 1.16. The molecule has 2 N–H and O–H groups in total. The molecule has 0 saturated heterocycles. The Morgan fingerprint density at radius 2 is 1.82 bits per heavy atom. The molecule has 17 heavy (non-hydrogen) atoms. The highest BCUT2D eigenvalue weighted by Crippen LogP contribution is 2.09. The molecule has 1 unspecified atom stereocenters. The van der Waals surface area contributed by atoms with E-state index in [1.54, 1.807) is 0 Å². The van der Waals surface area contributed by atoms with Gasteiger partial charge in [0.05, 0.1) is 0 Å². The zero-order valence-electron chi connectivity index (χ0n) is 11.4. The molecule has 0 amide bonds. The number of nitrogens with two attached hydrogens (primary N) is 1. The molecule has 2 heteroatoms. The van der Waals surface area contributed by atoms with Gasteiger partial charge in [0.1, 0.15) is 0 Å². The Bertz CT molecular complexity index is 297. The second kappa shape index (κ2) is 7.46. The maximum Gasteiger partial charge on any atom is 0.0234 e. The molecule has 0 bridgehead atoms. The second-order valence-corrected chi connectivity index (χ2v) is 4.86. The molecule has 0 heterocycles. The van der Waals surface area contributed by atoms with E-state index in [1.807, 2.05) is 0 Å². The summed E-state index contributed by atoms with van der Waals surface area (Å²) in [5.41, 5.74) is 7.58. The van der Waals surface area contributed by atoms with Crippen LogP contribution in [0.3, 0.4) is 0 Å². The lowest BCUT2D eigenvalue weighted by Gasteiger charge is -2.27. The van der Waals surface area contributed by atoms with E-state index in [9.17, 15) is 0 Å². The first-order chi connectivity index (χ1) is 8.17. The Hall–Kier alpha value is -0.860. The quantitative estimate of drug-likeness (QED) is 0.786. The van der Waals surface area contributed by atoms with E-state index in [0.29, 0.717) is 5.92 Å². The first-order valence-corrected chi connectivity index (χ1v) is 6.69. The van der Waals surface area contributed by atoms with E-state index in [2.05, 4.69) is 56.0 Å². The largest absolute Gasteiger partial charge is 0.326 e. The fraction of sp³-hybridized carbons (Fsp3) is 0.600. The van der Waals surface area contributed by atoms with Crippen LogP contribution in [-0.2, 0) is 6.54 Å². The molecule has 0 radical (unpaired) electrons. The molecular weight excluding hydrogens is 208 g/mol. The molecule has 0 aliphatic carbocycles. The summed E-state index contributed by atoms with van der Waals surface area (Å²) in [5.74, 6) is 0.597. The minimum atomic E-state index is 0.281. The van der Waals surface area contributed by atoms with Crippen molar-refractivity contribution in [3.05, 3.63) is 35.9 Å². The predicted octanol–water partition coefficient (Wildman–Crippen LogP) is 2.88. The molecule has 1 aromatic carbocycles. The minimum Gasteiger partial charge on any atom is -0.326 e. The molecule has 0 saturated carbocycles. The van der Waals surface area contributed by atoms with Crippen LogP contribution in [-0.4, -0.2) is 24.0 Å². The van der Waals surface area contributed by atoms with Gasteiger partial charge in [-0.2, -0.15) is 0 Å². The first-order valence-electron chi connectivity index (χ1n) is 6.69. The van der Waals surface area contributed by atoms with E-state index in [4.69, 9.17) is 5.73 Å². The number of nitrogens with zero attached hydrogens (tertiary/aromatic N) is 1. The fourth-order valence-corrected chi connectivity index (χ4v) is 1.93. The smallest absolute Gasteiger partial charge is 0.0234 e. The predicted molar refractivity (Wildman–Crippen MR) is 74.8 cm³/mol. The third-order valence-electron chi connectivity index (χ3n) is 3.54. The molecule has 1 rings (SSSR count). The maximum atomic E-state index is 6.22. The number of benzene rings is 1. The van der Waals surface area contributed by atoms with E-state index in [0.717, 1.165) is 26.1 Å². The van der Waals surface area contributed by atoms with Crippen molar-refractivity contribution < 1.29 is 0 Å². The molecule has 1 aromatic rings. The lowest BCUT2D eigenvalue weighted by atomic mass is 9.99. The van der Waals surface area contributed by atoms with Crippen molar-refractivity contribution in [2.45, 2.75) is 39.8 Å². The van der Waals surface area contributed by atoms with Gasteiger partial charge in [0.15, 0.2) is 0 Å². The average Bonchev–Trinajstić information content (AvgIpc) is 2.38. The monoisotopic (exact) mass is 234 g/mol. The highest BCUT2D eigenvalue weighted by Gasteiger charge is 2.14. The van der Waals surface area contributed by atoms with Crippen LogP contribution in [0.4, 0.5) is 0 Å². The molecular formula is C15H26N2. The fourth-order valence-electron chi connectivity index (χ4n) is 1.93. The average molecular weight is 234 g/mol. The highest BCUT2D eigenvalue weighted by molar-refractivity contribution is 5.14. The van der Waals surface area contributed by atoms with E-state index in [1.165, 1.54) is 5.56 Å². The standard InChI is InChI=1S/C15H26N2/c1-4-13(3)15(16)12-17(5-2)11-14-9-7-6-8-10-14/h6-10,13,15H,4-5,11-12,16H2,1-3H3/t13?,15-/m1/s1. The van der Waals surface area contributed by atoms with Gasteiger partial charge in [-0.1, -0.05) is 57.5 Å². The van der Waals surface area contributed by atoms with Gasteiger partial charge in [-0.3, -0.25) is 4.90 Å².